The first-order valence-corrected chi connectivity index (χ1v) is 5.82. The number of hydrogen-bond acceptors (Lipinski definition) is 1. The second kappa shape index (κ2) is 3.60. The van der Waals surface area contributed by atoms with Crippen LogP contribution in [0.15, 0.2) is 24.3 Å². The van der Waals surface area contributed by atoms with Gasteiger partial charge in [0, 0.05) is 18.5 Å². The van der Waals surface area contributed by atoms with Crippen LogP contribution in [0.25, 0.3) is 0 Å². The molecule has 15 heavy (non-hydrogen) atoms. The molecule has 2 atom stereocenters. The van der Waals surface area contributed by atoms with Gasteiger partial charge in [-0.05, 0) is 36.8 Å². The summed E-state index contributed by atoms with van der Waals surface area (Å²) >= 11 is 0. The van der Waals surface area contributed by atoms with Gasteiger partial charge in [-0.3, -0.25) is 0 Å². The first kappa shape index (κ1) is 9.34. The molecule has 1 aliphatic carbocycles. The molecule has 0 spiro atoms. The van der Waals surface area contributed by atoms with Crippen molar-refractivity contribution in [3.8, 4) is 0 Å². The Hall–Kier alpha value is -0.890. The molecule has 1 aromatic carbocycles. The van der Waals surface area contributed by atoms with E-state index in [4.69, 9.17) is 0 Å². The molecule has 0 amide bonds. The molecule has 0 radical (unpaired) electrons. The van der Waals surface area contributed by atoms with Gasteiger partial charge in [-0.2, -0.15) is 0 Å². The fourth-order valence-corrected chi connectivity index (χ4v) is 2.67. The van der Waals surface area contributed by atoms with Gasteiger partial charge in [-0.1, -0.05) is 18.2 Å². The zero-order valence-corrected chi connectivity index (χ0v) is 8.75. The lowest BCUT2D eigenvalue weighted by atomic mass is 9.94. The van der Waals surface area contributed by atoms with Crippen molar-refractivity contribution in [1.29, 1.82) is 0 Å². The lowest BCUT2D eigenvalue weighted by Gasteiger charge is -2.10. The second-order valence-electron chi connectivity index (χ2n) is 4.81. The molecule has 0 bridgehead atoms. The van der Waals surface area contributed by atoms with Gasteiger partial charge in [-0.15, -0.1) is 0 Å². The smallest absolute Gasteiger partial charge is 0.126 e. The highest BCUT2D eigenvalue weighted by Crippen LogP contribution is 2.40. The van der Waals surface area contributed by atoms with Crippen molar-refractivity contribution >= 4 is 0 Å². The predicted molar refractivity (Wildman–Crippen MR) is 58.3 cm³/mol. The highest BCUT2D eigenvalue weighted by atomic mass is 19.1. The van der Waals surface area contributed by atoms with E-state index in [0.717, 1.165) is 24.4 Å². The van der Waals surface area contributed by atoms with Crippen LogP contribution in [0, 0.1) is 11.7 Å². The molecule has 1 saturated carbocycles. The van der Waals surface area contributed by atoms with E-state index in [-0.39, 0.29) is 5.82 Å². The van der Waals surface area contributed by atoms with Crippen LogP contribution >= 0.6 is 0 Å². The molecule has 1 N–H and O–H groups in total. The van der Waals surface area contributed by atoms with E-state index >= 15 is 0 Å². The minimum Gasteiger partial charge on any atom is -0.313 e. The van der Waals surface area contributed by atoms with Gasteiger partial charge < -0.3 is 5.32 Å². The number of hydrogen-bond donors (Lipinski definition) is 1. The molecule has 2 aliphatic rings. The molecule has 1 nitrogen and oxygen atoms in total. The Morgan fingerprint density at radius 1 is 1.20 bits per heavy atom. The summed E-state index contributed by atoms with van der Waals surface area (Å²) in [5.41, 5.74) is 0.896. The molecule has 80 valence electrons. The number of nitrogens with one attached hydrogen (secondary N) is 1. The summed E-state index contributed by atoms with van der Waals surface area (Å²) in [4.78, 5) is 0. The molecule has 1 saturated heterocycles. The van der Waals surface area contributed by atoms with Crippen molar-refractivity contribution in [3.63, 3.8) is 0 Å². The summed E-state index contributed by atoms with van der Waals surface area (Å²) in [6, 6.07) is 7.84. The fraction of sp³-hybridized carbons (Fsp3) is 0.538. The third-order valence-corrected chi connectivity index (χ3v) is 3.70. The summed E-state index contributed by atoms with van der Waals surface area (Å²) in [6.45, 7) is 0.947. The Kier molecular flexibility index (Phi) is 2.24. The standard InChI is InChI=1S/C13H16FN/c14-12-4-2-1-3-11(12)10-7-13(15-8-10)9-5-6-9/h1-4,9-10,13,15H,5-8H2. The van der Waals surface area contributed by atoms with Crippen molar-refractivity contribution in [1.82, 2.24) is 5.32 Å². The van der Waals surface area contributed by atoms with Crippen LogP contribution in [0.4, 0.5) is 4.39 Å². The minimum absolute atomic E-state index is 0.0410. The van der Waals surface area contributed by atoms with E-state index in [2.05, 4.69) is 5.32 Å². The molecular formula is C13H16FN. The first-order valence-electron chi connectivity index (χ1n) is 5.82. The van der Waals surface area contributed by atoms with Crippen LogP contribution in [0.1, 0.15) is 30.7 Å². The van der Waals surface area contributed by atoms with Gasteiger partial charge in [0.25, 0.3) is 0 Å². The highest BCUT2D eigenvalue weighted by Gasteiger charge is 2.37. The average molecular weight is 205 g/mol. The molecule has 3 rings (SSSR count). The molecule has 1 aliphatic heterocycles. The molecule has 1 aromatic rings. The summed E-state index contributed by atoms with van der Waals surface area (Å²) in [7, 11) is 0. The van der Waals surface area contributed by atoms with Crippen molar-refractivity contribution < 1.29 is 4.39 Å². The van der Waals surface area contributed by atoms with Gasteiger partial charge in [0.1, 0.15) is 5.82 Å². The summed E-state index contributed by atoms with van der Waals surface area (Å²) in [5.74, 6) is 1.22. The molecule has 2 heteroatoms. The van der Waals surface area contributed by atoms with E-state index in [1.807, 2.05) is 12.1 Å². The normalized spacial score (nSPS) is 30.7. The summed E-state index contributed by atoms with van der Waals surface area (Å²) in [5, 5.41) is 3.53. The van der Waals surface area contributed by atoms with E-state index in [1.54, 1.807) is 12.1 Å². The van der Waals surface area contributed by atoms with Crippen LogP contribution in [0.5, 0.6) is 0 Å². The van der Waals surface area contributed by atoms with Gasteiger partial charge in [0.05, 0.1) is 0 Å². The van der Waals surface area contributed by atoms with Crippen LogP contribution in [0.3, 0.4) is 0 Å². The number of benzene rings is 1. The van der Waals surface area contributed by atoms with Crippen LogP contribution in [-0.2, 0) is 0 Å². The number of halogens is 1. The van der Waals surface area contributed by atoms with Gasteiger partial charge in [0.15, 0.2) is 0 Å². The zero-order valence-electron chi connectivity index (χ0n) is 8.75. The highest BCUT2D eigenvalue weighted by molar-refractivity contribution is 5.24. The van der Waals surface area contributed by atoms with Crippen LogP contribution in [-0.4, -0.2) is 12.6 Å². The SMILES string of the molecule is Fc1ccccc1C1CNC(C2CC2)C1. The van der Waals surface area contributed by atoms with Crippen molar-refractivity contribution in [2.75, 3.05) is 6.54 Å². The maximum Gasteiger partial charge on any atom is 0.126 e. The Labute approximate surface area is 89.7 Å². The Bertz CT molecular complexity index is 359. The monoisotopic (exact) mass is 205 g/mol. The van der Waals surface area contributed by atoms with Crippen molar-refractivity contribution in [2.24, 2.45) is 5.92 Å². The number of rotatable bonds is 2. The third kappa shape index (κ3) is 1.78. The molecule has 2 unspecified atom stereocenters. The fourth-order valence-electron chi connectivity index (χ4n) is 2.67. The third-order valence-electron chi connectivity index (χ3n) is 3.70. The van der Waals surface area contributed by atoms with E-state index in [0.29, 0.717) is 12.0 Å². The van der Waals surface area contributed by atoms with Crippen molar-refractivity contribution in [3.05, 3.63) is 35.6 Å². The Balaban J connectivity index is 1.75. The minimum atomic E-state index is -0.0410. The maximum atomic E-state index is 13.6. The Morgan fingerprint density at radius 3 is 2.73 bits per heavy atom. The van der Waals surface area contributed by atoms with Crippen LogP contribution < -0.4 is 5.32 Å². The summed E-state index contributed by atoms with van der Waals surface area (Å²) < 4.78 is 13.6. The largest absolute Gasteiger partial charge is 0.313 e. The molecular weight excluding hydrogens is 189 g/mol. The molecule has 1 heterocycles. The van der Waals surface area contributed by atoms with E-state index in [1.165, 1.54) is 12.8 Å². The summed E-state index contributed by atoms with van der Waals surface area (Å²) in [6.07, 6.45) is 3.84. The van der Waals surface area contributed by atoms with Gasteiger partial charge >= 0.3 is 0 Å². The average Bonchev–Trinajstić information content (AvgIpc) is 2.99. The first-order chi connectivity index (χ1) is 7.34. The van der Waals surface area contributed by atoms with Gasteiger partial charge in [0.2, 0.25) is 0 Å². The second-order valence-corrected chi connectivity index (χ2v) is 4.81. The van der Waals surface area contributed by atoms with Crippen LogP contribution in [0.2, 0.25) is 0 Å². The quantitative estimate of drug-likeness (QED) is 0.782. The predicted octanol–water partition coefficient (Wildman–Crippen LogP) is 2.68. The van der Waals surface area contributed by atoms with E-state index in [9.17, 15) is 4.39 Å². The Morgan fingerprint density at radius 2 is 2.00 bits per heavy atom. The molecule has 0 aromatic heterocycles. The lowest BCUT2D eigenvalue weighted by Crippen LogP contribution is -2.22. The topological polar surface area (TPSA) is 12.0 Å². The van der Waals surface area contributed by atoms with Gasteiger partial charge in [-0.25, -0.2) is 4.39 Å². The molecule has 2 fully saturated rings. The lowest BCUT2D eigenvalue weighted by molar-refractivity contribution is 0.530. The van der Waals surface area contributed by atoms with Crippen molar-refractivity contribution in [2.45, 2.75) is 31.2 Å². The zero-order chi connectivity index (χ0) is 10.3. The maximum absolute atomic E-state index is 13.6. The van der Waals surface area contributed by atoms with E-state index < -0.39 is 0 Å².